The van der Waals surface area contributed by atoms with Gasteiger partial charge >= 0.3 is 0 Å². The molecule has 0 aliphatic carbocycles. The third-order valence-corrected chi connectivity index (χ3v) is 3.86. The summed E-state index contributed by atoms with van der Waals surface area (Å²) in [4.78, 5) is 0. The van der Waals surface area contributed by atoms with Gasteiger partial charge in [0.05, 0.1) is 12.6 Å². The van der Waals surface area contributed by atoms with Gasteiger partial charge in [-0.3, -0.25) is 0 Å². The lowest BCUT2D eigenvalue weighted by Gasteiger charge is -2.12. The molecular formula is C14H19N3OS. The van der Waals surface area contributed by atoms with E-state index in [-0.39, 0.29) is 6.04 Å². The second-order valence-electron chi connectivity index (χ2n) is 4.11. The lowest BCUT2D eigenvalue weighted by Crippen LogP contribution is -2.17. The SMILES string of the molecule is CCOCCc1nnc(C(NC)c2ccccc2)s1. The number of aromatic nitrogens is 2. The predicted octanol–water partition coefficient (Wildman–Crippen LogP) is 2.43. The van der Waals surface area contributed by atoms with Crippen LogP contribution < -0.4 is 5.32 Å². The van der Waals surface area contributed by atoms with Crippen LogP contribution in [0.15, 0.2) is 30.3 Å². The first-order valence-electron chi connectivity index (χ1n) is 6.47. The number of nitrogens with zero attached hydrogens (tertiary/aromatic N) is 2. The summed E-state index contributed by atoms with van der Waals surface area (Å²) in [6.45, 7) is 3.45. The van der Waals surface area contributed by atoms with Crippen molar-refractivity contribution in [2.45, 2.75) is 19.4 Å². The van der Waals surface area contributed by atoms with Crippen molar-refractivity contribution >= 4 is 11.3 Å². The van der Waals surface area contributed by atoms with Crippen LogP contribution in [-0.2, 0) is 11.2 Å². The van der Waals surface area contributed by atoms with Gasteiger partial charge in [-0.05, 0) is 19.5 Å². The van der Waals surface area contributed by atoms with E-state index in [1.54, 1.807) is 11.3 Å². The number of hydrogen-bond donors (Lipinski definition) is 1. The summed E-state index contributed by atoms with van der Waals surface area (Å²) in [6.07, 6.45) is 0.830. The monoisotopic (exact) mass is 277 g/mol. The van der Waals surface area contributed by atoms with Gasteiger partial charge in [0, 0.05) is 13.0 Å². The number of ether oxygens (including phenoxy) is 1. The highest BCUT2D eigenvalue weighted by atomic mass is 32.1. The molecule has 0 fully saturated rings. The molecule has 1 unspecified atom stereocenters. The molecule has 0 amide bonds. The molecule has 1 atom stereocenters. The van der Waals surface area contributed by atoms with Crippen LogP contribution in [0.1, 0.15) is 28.5 Å². The maximum atomic E-state index is 5.34. The van der Waals surface area contributed by atoms with E-state index in [2.05, 4.69) is 27.6 Å². The van der Waals surface area contributed by atoms with Gasteiger partial charge in [-0.25, -0.2) is 0 Å². The lowest BCUT2D eigenvalue weighted by molar-refractivity contribution is 0.150. The van der Waals surface area contributed by atoms with E-state index in [9.17, 15) is 0 Å². The van der Waals surface area contributed by atoms with Crippen LogP contribution in [0, 0.1) is 0 Å². The van der Waals surface area contributed by atoms with Crippen molar-refractivity contribution in [1.82, 2.24) is 15.5 Å². The topological polar surface area (TPSA) is 47.0 Å². The summed E-state index contributed by atoms with van der Waals surface area (Å²) in [6, 6.07) is 10.4. The molecule has 0 aliphatic heterocycles. The quantitative estimate of drug-likeness (QED) is 0.790. The molecule has 2 rings (SSSR count). The van der Waals surface area contributed by atoms with Gasteiger partial charge in [-0.2, -0.15) is 0 Å². The Morgan fingerprint density at radius 2 is 2.05 bits per heavy atom. The van der Waals surface area contributed by atoms with Gasteiger partial charge in [-0.1, -0.05) is 41.7 Å². The molecule has 4 nitrogen and oxygen atoms in total. The van der Waals surface area contributed by atoms with Crippen LogP contribution in [0.2, 0.25) is 0 Å². The van der Waals surface area contributed by atoms with E-state index in [1.807, 2.05) is 32.2 Å². The molecule has 2 aromatic rings. The van der Waals surface area contributed by atoms with Crippen LogP contribution >= 0.6 is 11.3 Å². The zero-order valence-corrected chi connectivity index (χ0v) is 12.1. The average Bonchev–Trinajstić information content (AvgIpc) is 2.90. The minimum Gasteiger partial charge on any atom is -0.381 e. The summed E-state index contributed by atoms with van der Waals surface area (Å²) in [5, 5.41) is 13.8. The highest BCUT2D eigenvalue weighted by Crippen LogP contribution is 2.24. The third-order valence-electron chi connectivity index (χ3n) is 2.82. The van der Waals surface area contributed by atoms with Crippen molar-refractivity contribution in [2.24, 2.45) is 0 Å². The van der Waals surface area contributed by atoms with Gasteiger partial charge in [0.2, 0.25) is 0 Å². The standard InChI is InChI=1S/C14H19N3OS/c1-3-18-10-9-12-16-17-14(19-12)13(15-2)11-7-5-4-6-8-11/h4-8,13,15H,3,9-10H2,1-2H3. The summed E-state index contributed by atoms with van der Waals surface area (Å²) >= 11 is 1.65. The Kier molecular flexibility index (Phi) is 5.44. The molecule has 0 aliphatic rings. The molecule has 1 aromatic carbocycles. The molecule has 0 saturated carbocycles. The highest BCUT2D eigenvalue weighted by Gasteiger charge is 2.16. The summed E-state index contributed by atoms with van der Waals surface area (Å²) in [5.74, 6) is 0. The highest BCUT2D eigenvalue weighted by molar-refractivity contribution is 7.11. The van der Waals surface area contributed by atoms with E-state index in [1.165, 1.54) is 5.56 Å². The van der Waals surface area contributed by atoms with Gasteiger partial charge in [-0.15, -0.1) is 10.2 Å². The Bertz CT molecular complexity index is 486. The zero-order chi connectivity index (χ0) is 13.5. The van der Waals surface area contributed by atoms with Crippen molar-refractivity contribution < 1.29 is 4.74 Å². The minimum absolute atomic E-state index is 0.111. The minimum atomic E-state index is 0.111. The first-order chi connectivity index (χ1) is 9.35. The first-order valence-corrected chi connectivity index (χ1v) is 7.29. The van der Waals surface area contributed by atoms with Gasteiger partial charge in [0.15, 0.2) is 0 Å². The zero-order valence-electron chi connectivity index (χ0n) is 11.3. The summed E-state index contributed by atoms with van der Waals surface area (Å²) in [5.41, 5.74) is 1.21. The fourth-order valence-corrected chi connectivity index (χ4v) is 2.83. The van der Waals surface area contributed by atoms with Gasteiger partial charge < -0.3 is 10.1 Å². The second kappa shape index (κ2) is 7.33. The average molecular weight is 277 g/mol. The Balaban J connectivity index is 2.07. The molecule has 0 saturated heterocycles. The van der Waals surface area contributed by atoms with E-state index in [4.69, 9.17) is 4.74 Å². The van der Waals surface area contributed by atoms with Crippen LogP contribution in [0.5, 0.6) is 0 Å². The molecule has 1 heterocycles. The van der Waals surface area contributed by atoms with Crippen LogP contribution in [0.25, 0.3) is 0 Å². The fourth-order valence-electron chi connectivity index (χ4n) is 1.87. The Labute approximate surface area is 117 Å². The molecule has 19 heavy (non-hydrogen) atoms. The van der Waals surface area contributed by atoms with Gasteiger partial charge in [0.1, 0.15) is 10.0 Å². The number of nitrogens with one attached hydrogen (secondary N) is 1. The molecular weight excluding hydrogens is 258 g/mol. The molecule has 0 spiro atoms. The molecule has 0 bridgehead atoms. The Hall–Kier alpha value is -1.30. The Morgan fingerprint density at radius 3 is 2.74 bits per heavy atom. The van der Waals surface area contributed by atoms with Gasteiger partial charge in [0.25, 0.3) is 0 Å². The third kappa shape index (κ3) is 3.83. The number of rotatable bonds is 7. The Morgan fingerprint density at radius 1 is 1.26 bits per heavy atom. The van der Waals surface area contributed by atoms with Crippen LogP contribution in [0.3, 0.4) is 0 Å². The molecule has 1 aromatic heterocycles. The van der Waals surface area contributed by atoms with Crippen molar-refractivity contribution in [1.29, 1.82) is 0 Å². The normalized spacial score (nSPS) is 12.5. The largest absolute Gasteiger partial charge is 0.381 e. The van der Waals surface area contributed by atoms with E-state index < -0.39 is 0 Å². The summed E-state index contributed by atoms with van der Waals surface area (Å²) < 4.78 is 5.34. The maximum absolute atomic E-state index is 5.34. The second-order valence-corrected chi connectivity index (χ2v) is 5.21. The van der Waals surface area contributed by atoms with E-state index >= 15 is 0 Å². The molecule has 5 heteroatoms. The number of hydrogen-bond acceptors (Lipinski definition) is 5. The molecule has 0 radical (unpaired) electrons. The van der Waals surface area contributed by atoms with Crippen molar-refractivity contribution in [3.63, 3.8) is 0 Å². The molecule has 102 valence electrons. The van der Waals surface area contributed by atoms with E-state index in [0.29, 0.717) is 6.61 Å². The van der Waals surface area contributed by atoms with Crippen molar-refractivity contribution in [2.75, 3.05) is 20.3 Å². The van der Waals surface area contributed by atoms with Crippen molar-refractivity contribution in [3.8, 4) is 0 Å². The lowest BCUT2D eigenvalue weighted by atomic mass is 10.1. The smallest absolute Gasteiger partial charge is 0.139 e. The van der Waals surface area contributed by atoms with Crippen LogP contribution in [-0.4, -0.2) is 30.5 Å². The summed E-state index contributed by atoms with van der Waals surface area (Å²) in [7, 11) is 1.94. The maximum Gasteiger partial charge on any atom is 0.139 e. The first kappa shape index (κ1) is 14.1. The number of benzene rings is 1. The fraction of sp³-hybridized carbons (Fsp3) is 0.429. The van der Waals surface area contributed by atoms with E-state index in [0.717, 1.165) is 23.0 Å². The predicted molar refractivity (Wildman–Crippen MR) is 77.5 cm³/mol. The van der Waals surface area contributed by atoms with Crippen LogP contribution in [0.4, 0.5) is 0 Å². The van der Waals surface area contributed by atoms with Crippen molar-refractivity contribution in [3.05, 3.63) is 45.9 Å². The molecule has 1 N–H and O–H groups in total.